The first-order valence-electron chi connectivity index (χ1n) is 7.07. The molecule has 0 bridgehead atoms. The Labute approximate surface area is 128 Å². The average Bonchev–Trinajstić information content (AvgIpc) is 2.79. The molecule has 0 radical (unpaired) electrons. The number of benzene rings is 1. The van der Waals surface area contributed by atoms with E-state index in [0.29, 0.717) is 0 Å². The van der Waals surface area contributed by atoms with Gasteiger partial charge in [0.25, 0.3) is 0 Å². The first-order valence-corrected chi connectivity index (χ1v) is 9.60. The molecule has 0 saturated carbocycles. The Hall–Kier alpha value is -1.02. The van der Waals surface area contributed by atoms with E-state index in [1.54, 1.807) is 11.3 Å². The molecule has 1 aromatic carbocycles. The summed E-state index contributed by atoms with van der Waals surface area (Å²) in [5.74, 6) is 0.228. The molecule has 3 rings (SSSR count). The lowest BCUT2D eigenvalue weighted by Crippen LogP contribution is -2.38. The molecule has 1 saturated heterocycles. The van der Waals surface area contributed by atoms with Crippen LogP contribution in [0.2, 0.25) is 0 Å². The molecule has 1 atom stereocenters. The van der Waals surface area contributed by atoms with Crippen LogP contribution >= 0.6 is 11.3 Å². The fraction of sp³-hybridized carbons (Fsp3) is 0.500. The molecule has 1 aromatic heterocycles. The average molecular weight is 325 g/mol. The van der Waals surface area contributed by atoms with Crippen LogP contribution in [0.25, 0.3) is 10.2 Å². The molecule has 7 heteroatoms. The molecule has 0 spiro atoms. The second-order valence-corrected chi connectivity index (χ2v) is 8.42. The van der Waals surface area contributed by atoms with Gasteiger partial charge in [-0.1, -0.05) is 12.1 Å². The molecule has 1 fully saturated rings. The van der Waals surface area contributed by atoms with Crippen molar-refractivity contribution in [3.05, 3.63) is 29.3 Å². The maximum Gasteiger partial charge on any atom is 0.209 e. The van der Waals surface area contributed by atoms with Crippen molar-refractivity contribution in [2.75, 3.05) is 18.8 Å². The third-order valence-corrected chi connectivity index (χ3v) is 5.73. The zero-order chi connectivity index (χ0) is 14.9. The summed E-state index contributed by atoms with van der Waals surface area (Å²) in [5.41, 5.74) is 1.04. The minimum Gasteiger partial charge on any atom is -0.296 e. The molecular weight excluding hydrogens is 306 g/mol. The summed E-state index contributed by atoms with van der Waals surface area (Å²) in [4.78, 5) is 6.93. The van der Waals surface area contributed by atoms with E-state index in [1.807, 2.05) is 18.2 Å². The Kier molecular flexibility index (Phi) is 4.26. The van der Waals surface area contributed by atoms with Gasteiger partial charge in [0.1, 0.15) is 5.01 Å². The van der Waals surface area contributed by atoms with Crippen LogP contribution in [0.3, 0.4) is 0 Å². The van der Waals surface area contributed by atoms with Gasteiger partial charge < -0.3 is 0 Å². The molecule has 5 nitrogen and oxygen atoms in total. The topological polar surface area (TPSA) is 76.3 Å². The number of likely N-dealkylation sites (tertiary alicyclic amines) is 1. The normalized spacial score (nSPS) is 20.9. The van der Waals surface area contributed by atoms with Crippen LogP contribution < -0.4 is 5.14 Å². The van der Waals surface area contributed by atoms with Crippen molar-refractivity contribution in [2.45, 2.75) is 19.4 Å². The first-order chi connectivity index (χ1) is 9.99. The van der Waals surface area contributed by atoms with Crippen molar-refractivity contribution in [2.24, 2.45) is 11.1 Å². The van der Waals surface area contributed by atoms with Gasteiger partial charge in [0.05, 0.1) is 22.5 Å². The third-order valence-electron chi connectivity index (χ3n) is 3.77. The Bertz CT molecular complexity index is 694. The number of hydrogen-bond donors (Lipinski definition) is 1. The standard InChI is InChI=1S/C14H19N3O2S2/c15-21(18,19)10-11-4-3-7-17(8-11)9-14-16-12-5-1-2-6-13(12)20-14/h1-2,5-6,11H,3-4,7-10H2,(H2,15,18,19)/t11-/m1/s1. The fourth-order valence-electron chi connectivity index (χ4n) is 2.94. The number of fused-ring (bicyclic) bond motifs is 1. The second-order valence-electron chi connectivity index (χ2n) is 5.65. The van der Waals surface area contributed by atoms with E-state index in [9.17, 15) is 8.42 Å². The van der Waals surface area contributed by atoms with E-state index in [4.69, 9.17) is 5.14 Å². The third kappa shape index (κ3) is 4.00. The number of nitrogens with two attached hydrogens (primary N) is 1. The summed E-state index contributed by atoms with van der Waals surface area (Å²) in [7, 11) is -3.38. The van der Waals surface area contributed by atoms with Gasteiger partial charge in [0.2, 0.25) is 10.0 Å². The Balaban J connectivity index is 1.66. The molecule has 0 amide bonds. The molecule has 114 valence electrons. The van der Waals surface area contributed by atoms with Crippen LogP contribution in [0, 0.1) is 5.92 Å². The van der Waals surface area contributed by atoms with Gasteiger partial charge in [-0.05, 0) is 37.4 Å². The maximum atomic E-state index is 11.2. The highest BCUT2D eigenvalue weighted by Gasteiger charge is 2.24. The molecule has 1 aliphatic rings. The number of thiazole rings is 1. The van der Waals surface area contributed by atoms with E-state index in [-0.39, 0.29) is 11.7 Å². The van der Waals surface area contributed by atoms with Gasteiger partial charge in [-0.3, -0.25) is 4.90 Å². The van der Waals surface area contributed by atoms with Gasteiger partial charge in [-0.25, -0.2) is 18.5 Å². The summed E-state index contributed by atoms with van der Waals surface area (Å²) < 4.78 is 23.7. The highest BCUT2D eigenvalue weighted by molar-refractivity contribution is 7.89. The molecule has 0 unspecified atom stereocenters. The monoisotopic (exact) mass is 325 g/mol. The number of piperidine rings is 1. The number of rotatable bonds is 4. The summed E-state index contributed by atoms with van der Waals surface area (Å²) in [6.07, 6.45) is 1.96. The molecule has 2 heterocycles. The van der Waals surface area contributed by atoms with Gasteiger partial charge in [0, 0.05) is 6.54 Å². The highest BCUT2D eigenvalue weighted by Crippen LogP contribution is 2.25. The summed E-state index contributed by atoms with van der Waals surface area (Å²) in [6, 6.07) is 8.12. The van der Waals surface area contributed by atoms with Gasteiger partial charge >= 0.3 is 0 Å². The SMILES string of the molecule is NS(=O)(=O)C[C@@H]1CCCN(Cc2nc3ccccc3s2)C1. The van der Waals surface area contributed by atoms with Crippen molar-refractivity contribution in [3.8, 4) is 0 Å². The molecule has 21 heavy (non-hydrogen) atoms. The lowest BCUT2D eigenvalue weighted by Gasteiger charge is -2.31. The van der Waals surface area contributed by atoms with Crippen LogP contribution in [0.15, 0.2) is 24.3 Å². The molecule has 1 aliphatic heterocycles. The maximum absolute atomic E-state index is 11.2. The zero-order valence-corrected chi connectivity index (χ0v) is 13.4. The highest BCUT2D eigenvalue weighted by atomic mass is 32.2. The van der Waals surface area contributed by atoms with Gasteiger partial charge in [-0.15, -0.1) is 11.3 Å². The minimum atomic E-state index is -3.38. The molecule has 2 N–H and O–H groups in total. The second kappa shape index (κ2) is 6.00. The molecule has 2 aromatic rings. The van der Waals surface area contributed by atoms with E-state index in [1.165, 1.54) is 4.70 Å². The van der Waals surface area contributed by atoms with E-state index < -0.39 is 10.0 Å². The fourth-order valence-corrected chi connectivity index (χ4v) is 4.88. The summed E-state index contributed by atoms with van der Waals surface area (Å²) in [5, 5.41) is 6.25. The minimum absolute atomic E-state index is 0.0867. The van der Waals surface area contributed by atoms with Crippen LogP contribution in [0.5, 0.6) is 0 Å². The Morgan fingerprint density at radius 3 is 2.95 bits per heavy atom. The number of hydrogen-bond acceptors (Lipinski definition) is 5. The van der Waals surface area contributed by atoms with E-state index in [2.05, 4.69) is 16.0 Å². The lowest BCUT2D eigenvalue weighted by atomic mass is 10.0. The summed E-state index contributed by atoms with van der Waals surface area (Å²) in [6.45, 7) is 2.57. The zero-order valence-electron chi connectivity index (χ0n) is 11.7. The number of para-hydroxylation sites is 1. The number of aromatic nitrogens is 1. The smallest absolute Gasteiger partial charge is 0.209 e. The number of nitrogens with zero attached hydrogens (tertiary/aromatic N) is 2. The van der Waals surface area contributed by atoms with Crippen molar-refractivity contribution >= 4 is 31.6 Å². The predicted molar refractivity (Wildman–Crippen MR) is 85.6 cm³/mol. The van der Waals surface area contributed by atoms with E-state index >= 15 is 0 Å². The van der Waals surface area contributed by atoms with Crippen molar-refractivity contribution in [1.82, 2.24) is 9.88 Å². The quantitative estimate of drug-likeness (QED) is 0.930. The summed E-state index contributed by atoms with van der Waals surface area (Å²) >= 11 is 1.71. The van der Waals surface area contributed by atoms with Crippen LogP contribution in [0.1, 0.15) is 17.8 Å². The van der Waals surface area contributed by atoms with Crippen LogP contribution in [0.4, 0.5) is 0 Å². The number of sulfonamides is 1. The van der Waals surface area contributed by atoms with Crippen LogP contribution in [-0.2, 0) is 16.6 Å². The van der Waals surface area contributed by atoms with Gasteiger partial charge in [-0.2, -0.15) is 0 Å². The Morgan fingerprint density at radius 2 is 2.19 bits per heavy atom. The van der Waals surface area contributed by atoms with Gasteiger partial charge in [0.15, 0.2) is 0 Å². The number of primary sulfonamides is 1. The van der Waals surface area contributed by atoms with E-state index in [0.717, 1.165) is 43.0 Å². The lowest BCUT2D eigenvalue weighted by molar-refractivity contribution is 0.177. The van der Waals surface area contributed by atoms with Crippen molar-refractivity contribution in [3.63, 3.8) is 0 Å². The Morgan fingerprint density at radius 1 is 1.38 bits per heavy atom. The predicted octanol–water partition coefficient (Wildman–Crippen LogP) is 1.80. The largest absolute Gasteiger partial charge is 0.296 e. The van der Waals surface area contributed by atoms with Crippen molar-refractivity contribution in [1.29, 1.82) is 0 Å². The molecule has 0 aliphatic carbocycles. The van der Waals surface area contributed by atoms with Crippen LogP contribution in [-0.4, -0.2) is 37.1 Å². The first kappa shape index (κ1) is 14.9. The van der Waals surface area contributed by atoms with Crippen molar-refractivity contribution < 1.29 is 8.42 Å². The molecular formula is C14H19N3O2S2.